The highest BCUT2D eigenvalue weighted by Crippen LogP contribution is 2.37. The van der Waals surface area contributed by atoms with Crippen molar-refractivity contribution in [3.05, 3.63) is 41.5 Å². The first-order valence-electron chi connectivity index (χ1n) is 9.20. The van der Waals surface area contributed by atoms with Crippen molar-refractivity contribution in [3.8, 4) is 0 Å². The van der Waals surface area contributed by atoms with E-state index >= 15 is 0 Å². The molecule has 0 aliphatic heterocycles. The highest BCUT2D eigenvalue weighted by Gasteiger charge is 2.21. The molecule has 0 bridgehead atoms. The lowest BCUT2D eigenvalue weighted by molar-refractivity contribution is 0.308. The van der Waals surface area contributed by atoms with Gasteiger partial charge >= 0.3 is 0 Å². The van der Waals surface area contributed by atoms with Gasteiger partial charge in [-0.3, -0.25) is 0 Å². The molecule has 0 heterocycles. The van der Waals surface area contributed by atoms with Gasteiger partial charge in [0.1, 0.15) is 5.83 Å². The lowest BCUT2D eigenvalue weighted by Crippen LogP contribution is -2.13. The second kappa shape index (κ2) is 9.12. The van der Waals surface area contributed by atoms with Gasteiger partial charge in [0.25, 0.3) is 0 Å². The molecule has 1 aliphatic carbocycles. The van der Waals surface area contributed by atoms with Crippen LogP contribution in [0.5, 0.6) is 0 Å². The molecule has 1 saturated carbocycles. The maximum atomic E-state index is 14.0. The van der Waals surface area contributed by atoms with Gasteiger partial charge in [-0.2, -0.15) is 0 Å². The van der Waals surface area contributed by atoms with Crippen LogP contribution in [0.1, 0.15) is 88.7 Å². The highest BCUT2D eigenvalue weighted by molar-refractivity contribution is 5.59. The molecule has 0 atom stereocenters. The molecule has 0 saturated heterocycles. The number of benzene rings is 1. The summed E-state index contributed by atoms with van der Waals surface area (Å²) >= 11 is 0. The third kappa shape index (κ3) is 4.97. The summed E-state index contributed by atoms with van der Waals surface area (Å²) in [5.41, 5.74) is 2.14. The van der Waals surface area contributed by atoms with Crippen LogP contribution >= 0.6 is 0 Å². The zero-order valence-electron chi connectivity index (χ0n) is 14.3. The van der Waals surface area contributed by atoms with E-state index in [1.54, 1.807) is 6.08 Å². The largest absolute Gasteiger partial charge is 0.207 e. The Bertz CT molecular complexity index is 449. The van der Waals surface area contributed by atoms with Crippen molar-refractivity contribution in [2.24, 2.45) is 5.92 Å². The predicted molar refractivity (Wildman–Crippen MR) is 94.7 cm³/mol. The van der Waals surface area contributed by atoms with Gasteiger partial charge in [-0.1, -0.05) is 57.4 Å². The Balaban J connectivity index is 1.91. The van der Waals surface area contributed by atoms with Crippen LogP contribution in [0.4, 0.5) is 4.39 Å². The molecule has 0 amide bonds. The minimum atomic E-state index is -0.0633. The van der Waals surface area contributed by atoms with E-state index in [1.807, 2.05) is 12.1 Å². The van der Waals surface area contributed by atoms with Crippen LogP contribution in [0.2, 0.25) is 0 Å². The van der Waals surface area contributed by atoms with Crippen molar-refractivity contribution >= 4 is 5.83 Å². The zero-order valence-corrected chi connectivity index (χ0v) is 14.3. The molecule has 22 heavy (non-hydrogen) atoms. The molecule has 1 aromatic rings. The molecule has 0 N–H and O–H groups in total. The highest BCUT2D eigenvalue weighted by atomic mass is 19.1. The van der Waals surface area contributed by atoms with Crippen molar-refractivity contribution in [2.45, 2.75) is 77.6 Å². The maximum absolute atomic E-state index is 14.0. The van der Waals surface area contributed by atoms with E-state index in [1.165, 1.54) is 44.1 Å². The van der Waals surface area contributed by atoms with Crippen molar-refractivity contribution in [3.63, 3.8) is 0 Å². The fraction of sp³-hybridized carbons (Fsp3) is 0.619. The molecular formula is C21H31F. The number of halogens is 1. The minimum Gasteiger partial charge on any atom is -0.207 e. The fourth-order valence-corrected chi connectivity index (χ4v) is 3.66. The summed E-state index contributed by atoms with van der Waals surface area (Å²) in [5.74, 6) is 1.57. The van der Waals surface area contributed by atoms with Crippen LogP contribution in [0.25, 0.3) is 5.83 Å². The summed E-state index contributed by atoms with van der Waals surface area (Å²) in [5, 5.41) is 0. The van der Waals surface area contributed by atoms with Crippen molar-refractivity contribution in [1.82, 2.24) is 0 Å². The zero-order chi connectivity index (χ0) is 15.8. The van der Waals surface area contributed by atoms with Gasteiger partial charge in [-0.25, -0.2) is 4.39 Å². The van der Waals surface area contributed by atoms with E-state index in [9.17, 15) is 4.39 Å². The number of unbranched alkanes of at least 4 members (excludes halogenated alkanes) is 2. The molecule has 0 nitrogen and oxygen atoms in total. The normalized spacial score (nSPS) is 22.8. The van der Waals surface area contributed by atoms with Gasteiger partial charge in [0.15, 0.2) is 0 Å². The summed E-state index contributed by atoms with van der Waals surface area (Å²) in [6.45, 7) is 4.42. The summed E-state index contributed by atoms with van der Waals surface area (Å²) < 4.78 is 14.0. The van der Waals surface area contributed by atoms with Gasteiger partial charge in [0, 0.05) is 5.56 Å². The summed E-state index contributed by atoms with van der Waals surface area (Å²) in [7, 11) is 0. The lowest BCUT2D eigenvalue weighted by atomic mass is 9.77. The summed E-state index contributed by atoms with van der Waals surface area (Å²) in [4.78, 5) is 0. The van der Waals surface area contributed by atoms with E-state index in [-0.39, 0.29) is 5.83 Å². The van der Waals surface area contributed by atoms with Crippen molar-refractivity contribution in [1.29, 1.82) is 0 Å². The van der Waals surface area contributed by atoms with E-state index in [0.29, 0.717) is 5.92 Å². The Morgan fingerprint density at radius 2 is 1.73 bits per heavy atom. The second-order valence-electron chi connectivity index (χ2n) is 6.82. The van der Waals surface area contributed by atoms with Gasteiger partial charge in [0.05, 0.1) is 0 Å². The van der Waals surface area contributed by atoms with Crippen LogP contribution in [-0.2, 0) is 0 Å². The van der Waals surface area contributed by atoms with E-state index in [0.717, 1.165) is 30.7 Å². The minimum absolute atomic E-state index is 0.0633. The molecule has 1 fully saturated rings. The number of hydrogen-bond donors (Lipinski definition) is 0. The van der Waals surface area contributed by atoms with E-state index in [2.05, 4.69) is 26.0 Å². The SMILES string of the molecule is CCCC/C=C(/F)c1ccc([C@H]2CC[C@H](CCC)CC2)cc1. The van der Waals surface area contributed by atoms with Crippen molar-refractivity contribution < 1.29 is 4.39 Å². The Morgan fingerprint density at radius 3 is 2.32 bits per heavy atom. The molecule has 2 rings (SSSR count). The topological polar surface area (TPSA) is 0 Å². The fourth-order valence-electron chi connectivity index (χ4n) is 3.66. The molecular weight excluding hydrogens is 271 g/mol. The third-order valence-electron chi connectivity index (χ3n) is 5.08. The van der Waals surface area contributed by atoms with Crippen LogP contribution in [-0.4, -0.2) is 0 Å². The summed E-state index contributed by atoms with van der Waals surface area (Å²) in [6, 6.07) is 8.22. The molecule has 0 aromatic heterocycles. The molecule has 122 valence electrons. The van der Waals surface area contributed by atoms with Crippen LogP contribution in [0.15, 0.2) is 30.3 Å². The Labute approximate surface area is 135 Å². The Morgan fingerprint density at radius 1 is 1.05 bits per heavy atom. The average Bonchev–Trinajstić information content (AvgIpc) is 2.56. The first-order valence-corrected chi connectivity index (χ1v) is 9.20. The second-order valence-corrected chi connectivity index (χ2v) is 6.82. The van der Waals surface area contributed by atoms with Gasteiger partial charge in [-0.05, 0) is 62.0 Å². The van der Waals surface area contributed by atoms with Crippen LogP contribution in [0.3, 0.4) is 0 Å². The standard InChI is InChI=1S/C21H31F/c1-3-5-6-8-21(22)20-15-13-19(14-16-20)18-11-9-17(7-4-2)10-12-18/h8,13-18H,3-7,9-12H2,1-2H3/b21-8+/t17-,18-. The van der Waals surface area contributed by atoms with Gasteiger partial charge in [-0.15, -0.1) is 0 Å². The van der Waals surface area contributed by atoms with Crippen LogP contribution in [0, 0.1) is 5.92 Å². The molecule has 0 unspecified atom stereocenters. The van der Waals surface area contributed by atoms with Crippen molar-refractivity contribution in [2.75, 3.05) is 0 Å². The smallest absolute Gasteiger partial charge is 0.126 e. The quantitative estimate of drug-likeness (QED) is 0.465. The first-order chi connectivity index (χ1) is 10.7. The van der Waals surface area contributed by atoms with E-state index in [4.69, 9.17) is 0 Å². The first kappa shape index (κ1) is 17.2. The monoisotopic (exact) mass is 302 g/mol. The van der Waals surface area contributed by atoms with Crippen LogP contribution < -0.4 is 0 Å². The number of rotatable bonds is 7. The Hall–Kier alpha value is -1.11. The molecule has 1 aromatic carbocycles. The molecule has 1 heteroatoms. The summed E-state index contributed by atoms with van der Waals surface area (Å²) in [6.07, 6.45) is 12.8. The third-order valence-corrected chi connectivity index (χ3v) is 5.08. The molecule has 0 spiro atoms. The molecule has 1 aliphatic rings. The molecule has 0 radical (unpaired) electrons. The number of hydrogen-bond acceptors (Lipinski definition) is 0. The Kier molecular flexibility index (Phi) is 7.15. The van der Waals surface area contributed by atoms with E-state index < -0.39 is 0 Å². The maximum Gasteiger partial charge on any atom is 0.126 e. The van der Waals surface area contributed by atoms with Gasteiger partial charge < -0.3 is 0 Å². The number of allylic oxidation sites excluding steroid dienone is 1. The average molecular weight is 302 g/mol. The lowest BCUT2D eigenvalue weighted by Gasteiger charge is -2.28. The van der Waals surface area contributed by atoms with Gasteiger partial charge in [0.2, 0.25) is 0 Å². The predicted octanol–water partition coefficient (Wildman–Crippen LogP) is 7.26.